The fourth-order valence-corrected chi connectivity index (χ4v) is 1.51. The van der Waals surface area contributed by atoms with E-state index in [2.05, 4.69) is 34.8 Å². The van der Waals surface area contributed by atoms with E-state index in [0.717, 1.165) is 16.9 Å². The van der Waals surface area contributed by atoms with Crippen LogP contribution >= 0.6 is 0 Å². The van der Waals surface area contributed by atoms with Crippen LogP contribution in [0, 0.1) is 5.92 Å². The van der Waals surface area contributed by atoms with Crippen molar-refractivity contribution < 1.29 is 9.63 Å². The van der Waals surface area contributed by atoms with E-state index in [1.807, 2.05) is 25.1 Å². The lowest BCUT2D eigenvalue weighted by atomic mass is 10.1. The van der Waals surface area contributed by atoms with Crippen molar-refractivity contribution in [2.45, 2.75) is 13.8 Å². The molecular weight excluding hydrogens is 216 g/mol. The predicted octanol–water partition coefficient (Wildman–Crippen LogP) is 0.491. The number of aldehydes is 1. The molecule has 0 saturated carbocycles. The molecule has 0 bridgehead atoms. The number of carbonyl (C=O) groups excluding carboxylic acids is 1. The molecule has 4 heteroatoms. The monoisotopic (exact) mass is 234 g/mol. The molecule has 0 amide bonds. The van der Waals surface area contributed by atoms with Crippen LogP contribution in [0.25, 0.3) is 12.2 Å². The summed E-state index contributed by atoms with van der Waals surface area (Å²) >= 11 is 0. The second-order valence-electron chi connectivity index (χ2n) is 3.74. The van der Waals surface area contributed by atoms with Gasteiger partial charge in [0.25, 0.3) is 0 Å². The molecule has 1 aromatic heterocycles. The van der Waals surface area contributed by atoms with Crippen LogP contribution < -0.4 is 16.5 Å². The minimum atomic E-state index is 0.424. The highest BCUT2D eigenvalue weighted by Crippen LogP contribution is 2.00. The second-order valence-corrected chi connectivity index (χ2v) is 3.74. The van der Waals surface area contributed by atoms with Crippen molar-refractivity contribution in [1.82, 2.24) is 4.98 Å². The minimum Gasteiger partial charge on any atom is -0.352 e. The van der Waals surface area contributed by atoms with Gasteiger partial charge < -0.3 is 9.82 Å². The van der Waals surface area contributed by atoms with Crippen LogP contribution in [0.5, 0.6) is 0 Å². The van der Waals surface area contributed by atoms with Gasteiger partial charge in [-0.15, -0.1) is 0 Å². The van der Waals surface area contributed by atoms with Crippen molar-refractivity contribution in [3.05, 3.63) is 34.5 Å². The van der Waals surface area contributed by atoms with E-state index >= 15 is 0 Å². The third kappa shape index (κ3) is 4.01. The first-order valence-electron chi connectivity index (χ1n) is 5.57. The number of hydrogen-bond acceptors (Lipinski definition) is 3. The smallest absolute Gasteiger partial charge is 0.166 e. The molecule has 1 aromatic rings. The standard InChI is InChI=1S/C11H11NO.C2H7NO/c1-8-3-2-4-11-9(5-8)6-10(7-13)12-11;1-2-4-3/h2-8,12H,1H3;2-3H2,1H3. The Morgan fingerprint density at radius 1 is 1.59 bits per heavy atom. The Kier molecular flexibility index (Phi) is 5.39. The van der Waals surface area contributed by atoms with Gasteiger partial charge in [-0.3, -0.25) is 4.79 Å². The highest BCUT2D eigenvalue weighted by atomic mass is 16.6. The maximum absolute atomic E-state index is 10.5. The van der Waals surface area contributed by atoms with Gasteiger partial charge in [0.15, 0.2) is 6.29 Å². The van der Waals surface area contributed by atoms with E-state index in [9.17, 15) is 4.79 Å². The third-order valence-corrected chi connectivity index (χ3v) is 2.31. The number of nitrogens with one attached hydrogen (secondary N) is 1. The first-order valence-corrected chi connectivity index (χ1v) is 5.57. The Bertz CT molecular complexity index is 498. The summed E-state index contributed by atoms with van der Waals surface area (Å²) in [7, 11) is 0. The van der Waals surface area contributed by atoms with Crippen LogP contribution in [0.1, 0.15) is 24.3 Å². The number of H-pyrrole nitrogens is 1. The van der Waals surface area contributed by atoms with Crippen molar-refractivity contribution in [1.29, 1.82) is 0 Å². The maximum atomic E-state index is 10.5. The van der Waals surface area contributed by atoms with Gasteiger partial charge in [-0.25, -0.2) is 5.90 Å². The third-order valence-electron chi connectivity index (χ3n) is 2.31. The number of aromatic nitrogens is 1. The summed E-state index contributed by atoms with van der Waals surface area (Å²) in [5.74, 6) is 4.95. The zero-order valence-corrected chi connectivity index (χ0v) is 10.1. The van der Waals surface area contributed by atoms with Crippen LogP contribution in [0.4, 0.5) is 0 Å². The van der Waals surface area contributed by atoms with E-state index in [4.69, 9.17) is 0 Å². The average Bonchev–Trinajstić information content (AvgIpc) is 2.64. The fourth-order valence-electron chi connectivity index (χ4n) is 1.51. The molecule has 0 spiro atoms. The van der Waals surface area contributed by atoms with Crippen LogP contribution in [-0.2, 0) is 4.84 Å². The van der Waals surface area contributed by atoms with Crippen LogP contribution in [0.15, 0.2) is 18.2 Å². The molecule has 1 aliphatic rings. The van der Waals surface area contributed by atoms with E-state index in [1.54, 1.807) is 0 Å². The van der Waals surface area contributed by atoms with Crippen LogP contribution in [-0.4, -0.2) is 17.9 Å². The molecule has 1 unspecified atom stereocenters. The van der Waals surface area contributed by atoms with E-state index in [-0.39, 0.29) is 0 Å². The molecule has 1 atom stereocenters. The van der Waals surface area contributed by atoms with Crippen molar-refractivity contribution >= 4 is 18.4 Å². The number of nitrogens with two attached hydrogens (primary N) is 1. The molecule has 17 heavy (non-hydrogen) atoms. The van der Waals surface area contributed by atoms with Crippen molar-refractivity contribution in [2.24, 2.45) is 11.8 Å². The molecule has 3 N–H and O–H groups in total. The molecule has 0 aromatic carbocycles. The van der Waals surface area contributed by atoms with E-state index < -0.39 is 0 Å². The zero-order chi connectivity index (χ0) is 12.7. The Labute approximate surface area is 100 Å². The largest absolute Gasteiger partial charge is 0.352 e. The summed E-state index contributed by atoms with van der Waals surface area (Å²) in [4.78, 5) is 17.6. The van der Waals surface area contributed by atoms with E-state index in [0.29, 0.717) is 18.2 Å². The number of hydrogen-bond donors (Lipinski definition) is 2. The van der Waals surface area contributed by atoms with Crippen LogP contribution in [0.2, 0.25) is 0 Å². The van der Waals surface area contributed by atoms with E-state index in [1.165, 1.54) is 0 Å². The number of aromatic amines is 1. The summed E-state index contributed by atoms with van der Waals surface area (Å²) in [6, 6.07) is 1.88. The van der Waals surface area contributed by atoms with Gasteiger partial charge >= 0.3 is 0 Å². The molecule has 4 nitrogen and oxygen atoms in total. The Balaban J connectivity index is 0.000000317. The minimum absolute atomic E-state index is 0.424. The summed E-state index contributed by atoms with van der Waals surface area (Å²) in [6.07, 6.45) is 9.10. The van der Waals surface area contributed by atoms with Crippen molar-refractivity contribution in [2.75, 3.05) is 6.61 Å². The zero-order valence-electron chi connectivity index (χ0n) is 10.1. The molecule has 0 aliphatic heterocycles. The lowest BCUT2D eigenvalue weighted by Crippen LogP contribution is -2.21. The number of allylic oxidation sites excluding steroid dienone is 2. The Morgan fingerprint density at radius 2 is 2.29 bits per heavy atom. The lowest BCUT2D eigenvalue weighted by Gasteiger charge is -1.91. The second kappa shape index (κ2) is 6.83. The first-order chi connectivity index (χ1) is 8.21. The fraction of sp³-hybridized carbons (Fsp3) is 0.308. The molecule has 1 aliphatic carbocycles. The van der Waals surface area contributed by atoms with Gasteiger partial charge in [0.1, 0.15) is 0 Å². The molecule has 2 rings (SSSR count). The highest BCUT2D eigenvalue weighted by Gasteiger charge is 1.98. The van der Waals surface area contributed by atoms with Gasteiger partial charge in [-0.05, 0) is 30.2 Å². The first kappa shape index (κ1) is 13.4. The number of rotatable bonds is 2. The summed E-state index contributed by atoms with van der Waals surface area (Å²) in [5, 5.41) is 2.13. The molecule has 0 fully saturated rings. The lowest BCUT2D eigenvalue weighted by molar-refractivity contribution is 0.111. The quantitative estimate of drug-likeness (QED) is 0.578. The molecular formula is C13H18N2O2. The normalized spacial score (nSPS) is 16.8. The molecule has 92 valence electrons. The highest BCUT2D eigenvalue weighted by molar-refractivity contribution is 5.72. The van der Waals surface area contributed by atoms with Crippen molar-refractivity contribution in [3.8, 4) is 0 Å². The van der Waals surface area contributed by atoms with Crippen LogP contribution in [0.3, 0.4) is 0 Å². The average molecular weight is 234 g/mol. The number of carbonyl (C=O) groups is 1. The molecule has 1 heterocycles. The topological polar surface area (TPSA) is 68.1 Å². The van der Waals surface area contributed by atoms with Gasteiger partial charge in [0.05, 0.1) is 12.3 Å². The predicted molar refractivity (Wildman–Crippen MR) is 68.5 cm³/mol. The van der Waals surface area contributed by atoms with Gasteiger partial charge in [0.2, 0.25) is 0 Å². The van der Waals surface area contributed by atoms with Crippen molar-refractivity contribution in [3.63, 3.8) is 0 Å². The summed E-state index contributed by atoms with van der Waals surface area (Å²) in [6.45, 7) is 4.55. The van der Waals surface area contributed by atoms with Gasteiger partial charge in [-0.2, -0.15) is 0 Å². The Hall–Kier alpha value is -1.65. The Morgan fingerprint density at radius 3 is 2.88 bits per heavy atom. The molecule has 0 radical (unpaired) electrons. The summed E-state index contributed by atoms with van der Waals surface area (Å²) < 4.78 is 0. The SMILES string of the molecule is CC1C=CC=c2[nH]c(C=O)cc2=C1.CCON. The molecule has 0 saturated heterocycles. The van der Waals surface area contributed by atoms with Gasteiger partial charge in [0, 0.05) is 5.35 Å². The van der Waals surface area contributed by atoms with Gasteiger partial charge in [-0.1, -0.05) is 25.2 Å². The summed E-state index contributed by atoms with van der Waals surface area (Å²) in [5.41, 5.74) is 0.639. The number of fused-ring (bicyclic) bond motifs is 1. The maximum Gasteiger partial charge on any atom is 0.166 e.